The van der Waals surface area contributed by atoms with Crippen LogP contribution in [0.15, 0.2) is 18.2 Å². The van der Waals surface area contributed by atoms with Gasteiger partial charge in [0.1, 0.15) is 23.9 Å². The Hall–Kier alpha value is -2.63. The van der Waals surface area contributed by atoms with Crippen molar-refractivity contribution in [3.63, 3.8) is 0 Å². The van der Waals surface area contributed by atoms with Crippen LogP contribution in [0.2, 0.25) is 0 Å². The van der Waals surface area contributed by atoms with Gasteiger partial charge in [0.05, 0.1) is 11.4 Å². The van der Waals surface area contributed by atoms with Crippen molar-refractivity contribution in [1.82, 2.24) is 9.97 Å². The second-order valence-corrected chi connectivity index (χ2v) is 5.71. The van der Waals surface area contributed by atoms with Gasteiger partial charge < -0.3 is 15.3 Å². The molecule has 4 rings (SSSR count). The summed E-state index contributed by atoms with van der Waals surface area (Å²) < 4.78 is 0. The number of aromatic nitrogens is 2. The summed E-state index contributed by atoms with van der Waals surface area (Å²) in [6.45, 7) is 2.10. The molecule has 112 valence electrons. The van der Waals surface area contributed by atoms with Crippen LogP contribution < -0.4 is 10.2 Å². The van der Waals surface area contributed by atoms with Gasteiger partial charge in [-0.25, -0.2) is 9.97 Å². The van der Waals surface area contributed by atoms with Crippen LogP contribution in [0.4, 0.5) is 17.2 Å². The van der Waals surface area contributed by atoms with E-state index < -0.39 is 0 Å². The van der Waals surface area contributed by atoms with Gasteiger partial charge in [-0.15, -0.1) is 0 Å². The zero-order valence-corrected chi connectivity index (χ0v) is 12.3. The average molecular weight is 296 g/mol. The van der Waals surface area contributed by atoms with Crippen LogP contribution in [-0.4, -0.2) is 27.5 Å². The first kappa shape index (κ1) is 13.1. The Morgan fingerprint density at radius 3 is 3.00 bits per heavy atom. The fourth-order valence-corrected chi connectivity index (χ4v) is 3.22. The Morgan fingerprint density at radius 1 is 1.27 bits per heavy atom. The molecule has 1 aliphatic heterocycles. The monoisotopic (exact) mass is 296 g/mol. The van der Waals surface area contributed by atoms with E-state index in [2.05, 4.69) is 15.3 Å². The summed E-state index contributed by atoms with van der Waals surface area (Å²) in [4.78, 5) is 23.1. The Kier molecular flexibility index (Phi) is 2.79. The molecule has 0 spiro atoms. The molecule has 2 aromatic rings. The van der Waals surface area contributed by atoms with E-state index in [1.165, 1.54) is 0 Å². The summed E-state index contributed by atoms with van der Waals surface area (Å²) in [5, 5.41) is 12.4. The number of phenolic OH excluding ortho intramolecular Hbond substituents is 1. The summed E-state index contributed by atoms with van der Waals surface area (Å²) in [5.74, 6) is 1.56. The number of anilines is 3. The molecular weight excluding hydrogens is 280 g/mol. The Labute approximate surface area is 127 Å². The van der Waals surface area contributed by atoms with Crippen molar-refractivity contribution >= 4 is 23.1 Å². The minimum atomic E-state index is -0.110. The van der Waals surface area contributed by atoms with E-state index >= 15 is 0 Å². The van der Waals surface area contributed by atoms with Crippen molar-refractivity contribution in [3.8, 4) is 5.75 Å². The summed E-state index contributed by atoms with van der Waals surface area (Å²) >= 11 is 0. The van der Waals surface area contributed by atoms with Crippen LogP contribution in [0, 0.1) is 6.92 Å². The molecule has 22 heavy (non-hydrogen) atoms. The lowest BCUT2D eigenvalue weighted by Gasteiger charge is -2.31. The summed E-state index contributed by atoms with van der Waals surface area (Å²) in [6.07, 6.45) is 2.98. The molecule has 1 amide bonds. The van der Waals surface area contributed by atoms with Crippen molar-refractivity contribution < 1.29 is 9.90 Å². The average Bonchev–Trinajstić information content (AvgIpc) is 2.93. The highest BCUT2D eigenvalue weighted by atomic mass is 16.3. The first-order chi connectivity index (χ1) is 10.6. The van der Waals surface area contributed by atoms with Crippen LogP contribution >= 0.6 is 0 Å². The maximum absolute atomic E-state index is 12.0. The zero-order chi connectivity index (χ0) is 15.3. The lowest BCUT2D eigenvalue weighted by Crippen LogP contribution is -2.36. The smallest absolute Gasteiger partial charge is 0.244 e. The van der Waals surface area contributed by atoms with Crippen molar-refractivity contribution in [2.45, 2.75) is 26.2 Å². The number of nitrogens with one attached hydrogen (secondary N) is 1. The number of phenols is 1. The summed E-state index contributed by atoms with van der Waals surface area (Å²) in [5.41, 5.74) is 3.69. The number of carbonyl (C=O) groups excluding carboxylic acids is 1. The number of aromatic hydroxyl groups is 1. The first-order valence-corrected chi connectivity index (χ1v) is 7.38. The standard InChI is InChI=1S/C16H16N4O2/c1-9-17-12-4-2-3-11(12)16(18-9)20-8-15(22)19-13-7-10(21)5-6-14(13)20/h5-7,21H,2-4,8H2,1H3,(H,19,22). The normalized spacial score (nSPS) is 16.2. The van der Waals surface area contributed by atoms with Gasteiger partial charge in [-0.05, 0) is 38.3 Å². The Morgan fingerprint density at radius 2 is 2.14 bits per heavy atom. The van der Waals surface area contributed by atoms with Gasteiger partial charge in [0.25, 0.3) is 0 Å². The molecule has 6 nitrogen and oxygen atoms in total. The highest BCUT2D eigenvalue weighted by molar-refractivity contribution is 6.03. The second-order valence-electron chi connectivity index (χ2n) is 5.71. The molecule has 6 heteroatoms. The Bertz CT molecular complexity index is 788. The van der Waals surface area contributed by atoms with E-state index in [1.54, 1.807) is 12.1 Å². The molecule has 0 radical (unpaired) electrons. The second kappa shape index (κ2) is 4.69. The zero-order valence-electron chi connectivity index (χ0n) is 12.3. The molecule has 1 aliphatic carbocycles. The van der Waals surface area contributed by atoms with Gasteiger partial charge in [-0.3, -0.25) is 4.79 Å². The highest BCUT2D eigenvalue weighted by Gasteiger charge is 2.29. The van der Waals surface area contributed by atoms with Gasteiger partial charge in [0, 0.05) is 17.3 Å². The molecule has 1 aromatic carbocycles. The number of aryl methyl sites for hydroxylation is 2. The first-order valence-electron chi connectivity index (χ1n) is 7.38. The maximum Gasteiger partial charge on any atom is 0.244 e. The number of rotatable bonds is 1. The van der Waals surface area contributed by atoms with E-state index in [1.807, 2.05) is 17.9 Å². The van der Waals surface area contributed by atoms with Crippen LogP contribution in [0.5, 0.6) is 5.75 Å². The number of fused-ring (bicyclic) bond motifs is 2. The minimum Gasteiger partial charge on any atom is -0.508 e. The molecule has 0 unspecified atom stereocenters. The number of nitrogens with zero attached hydrogens (tertiary/aromatic N) is 3. The maximum atomic E-state index is 12.0. The number of amides is 1. The fraction of sp³-hybridized carbons (Fsp3) is 0.312. The van der Waals surface area contributed by atoms with E-state index in [0.717, 1.165) is 47.8 Å². The third kappa shape index (κ3) is 1.99. The van der Waals surface area contributed by atoms with Gasteiger partial charge >= 0.3 is 0 Å². The topological polar surface area (TPSA) is 78.4 Å². The van der Waals surface area contributed by atoms with Gasteiger partial charge in [0.15, 0.2) is 0 Å². The van der Waals surface area contributed by atoms with Gasteiger partial charge in [-0.2, -0.15) is 0 Å². The molecule has 2 heterocycles. The van der Waals surface area contributed by atoms with Crippen LogP contribution in [-0.2, 0) is 17.6 Å². The lowest BCUT2D eigenvalue weighted by molar-refractivity contribution is -0.115. The summed E-state index contributed by atoms with van der Waals surface area (Å²) in [6, 6.07) is 4.99. The Balaban J connectivity index is 1.89. The van der Waals surface area contributed by atoms with Crippen molar-refractivity contribution in [3.05, 3.63) is 35.3 Å². The largest absolute Gasteiger partial charge is 0.508 e. The fourth-order valence-electron chi connectivity index (χ4n) is 3.22. The molecule has 2 N–H and O–H groups in total. The van der Waals surface area contributed by atoms with Gasteiger partial charge in [-0.1, -0.05) is 0 Å². The molecule has 2 aliphatic rings. The van der Waals surface area contributed by atoms with E-state index in [9.17, 15) is 9.90 Å². The van der Waals surface area contributed by atoms with Crippen molar-refractivity contribution in [2.75, 3.05) is 16.8 Å². The van der Waals surface area contributed by atoms with Crippen LogP contribution in [0.25, 0.3) is 0 Å². The SMILES string of the molecule is Cc1nc2c(c(N3CC(=O)Nc4cc(O)ccc43)n1)CCC2. The van der Waals surface area contributed by atoms with Gasteiger partial charge in [0.2, 0.25) is 5.91 Å². The van der Waals surface area contributed by atoms with E-state index in [0.29, 0.717) is 5.69 Å². The molecule has 1 aromatic heterocycles. The number of benzene rings is 1. The number of hydrogen-bond acceptors (Lipinski definition) is 5. The quantitative estimate of drug-likeness (QED) is 0.842. The van der Waals surface area contributed by atoms with E-state index in [4.69, 9.17) is 0 Å². The molecular formula is C16H16N4O2. The summed E-state index contributed by atoms with van der Waals surface area (Å²) in [7, 11) is 0. The third-order valence-corrected chi connectivity index (χ3v) is 4.13. The van der Waals surface area contributed by atoms with Crippen molar-refractivity contribution in [1.29, 1.82) is 0 Å². The molecule has 0 saturated heterocycles. The molecule has 0 atom stereocenters. The minimum absolute atomic E-state index is 0.110. The number of hydrogen-bond donors (Lipinski definition) is 2. The molecule has 0 saturated carbocycles. The molecule has 0 bridgehead atoms. The van der Waals surface area contributed by atoms with Crippen LogP contribution in [0.1, 0.15) is 23.5 Å². The lowest BCUT2D eigenvalue weighted by atomic mass is 10.1. The number of carbonyl (C=O) groups is 1. The predicted molar refractivity (Wildman–Crippen MR) is 82.5 cm³/mol. The third-order valence-electron chi connectivity index (χ3n) is 4.13. The van der Waals surface area contributed by atoms with E-state index in [-0.39, 0.29) is 18.2 Å². The molecule has 0 fully saturated rings. The van der Waals surface area contributed by atoms with Crippen LogP contribution in [0.3, 0.4) is 0 Å². The van der Waals surface area contributed by atoms with Crippen molar-refractivity contribution in [2.24, 2.45) is 0 Å². The highest BCUT2D eigenvalue weighted by Crippen LogP contribution is 2.39. The predicted octanol–water partition coefficient (Wildman–Crippen LogP) is 2.07.